The van der Waals surface area contributed by atoms with E-state index in [0.29, 0.717) is 29.6 Å². The monoisotopic (exact) mass is 494 g/mol. The fraction of sp³-hybridized carbons (Fsp3) is 0.625. The summed E-state index contributed by atoms with van der Waals surface area (Å²) < 4.78 is 44.8. The summed E-state index contributed by atoms with van der Waals surface area (Å²) in [5.41, 5.74) is -0.880. The lowest BCUT2D eigenvalue weighted by molar-refractivity contribution is -0.387. The Hall–Kier alpha value is -2.60. The molecule has 0 N–H and O–H groups in total. The molecule has 10 nitrogen and oxygen atoms in total. The van der Waals surface area contributed by atoms with Crippen LogP contribution in [-0.2, 0) is 40.4 Å². The molecule has 1 aromatic carbocycles. The molecule has 1 aromatic heterocycles. The maximum absolute atomic E-state index is 14.6. The Labute approximate surface area is 202 Å². The Morgan fingerprint density at radius 1 is 1.20 bits per heavy atom. The quantitative estimate of drug-likeness (QED) is 0.321. The number of hydrogen-bond acceptors (Lipinski definition) is 8. The van der Waals surface area contributed by atoms with E-state index in [-0.39, 0.29) is 19.3 Å². The van der Waals surface area contributed by atoms with Crippen LogP contribution < -0.4 is 0 Å². The van der Waals surface area contributed by atoms with Crippen molar-refractivity contribution in [1.82, 2.24) is 4.57 Å². The van der Waals surface area contributed by atoms with Crippen LogP contribution in [0.1, 0.15) is 53.7 Å². The molecular formula is C24H31FN2O8. The number of halogens is 1. The van der Waals surface area contributed by atoms with Crippen LogP contribution in [0.5, 0.6) is 0 Å². The largest absolute Gasteiger partial charge is 0.432 e. The predicted molar refractivity (Wildman–Crippen MR) is 122 cm³/mol. The summed E-state index contributed by atoms with van der Waals surface area (Å²) in [6, 6.07) is 3.97. The molecular weight excluding hydrogens is 463 g/mol. The van der Waals surface area contributed by atoms with Gasteiger partial charge in [-0.05, 0) is 47.1 Å². The number of carbonyl (C=O) groups is 1. The van der Waals surface area contributed by atoms with Crippen LogP contribution in [0.3, 0.4) is 0 Å². The summed E-state index contributed by atoms with van der Waals surface area (Å²) in [5, 5.41) is 11.8. The van der Waals surface area contributed by atoms with Crippen molar-refractivity contribution in [3.63, 3.8) is 0 Å². The highest BCUT2D eigenvalue weighted by molar-refractivity contribution is 5.89. The molecule has 0 saturated carbocycles. The first-order chi connectivity index (χ1) is 16.2. The Bertz CT molecular complexity index is 1160. The number of benzene rings is 1. The minimum absolute atomic E-state index is 0.0985. The summed E-state index contributed by atoms with van der Waals surface area (Å²) in [5.74, 6) is -3.16. The number of nitro groups is 1. The van der Waals surface area contributed by atoms with Gasteiger partial charge in [-0.25, -0.2) is 0 Å². The van der Waals surface area contributed by atoms with Gasteiger partial charge in [-0.2, -0.15) is 4.39 Å². The van der Waals surface area contributed by atoms with Gasteiger partial charge in [-0.15, -0.1) is 0 Å². The smallest absolute Gasteiger partial charge is 0.320 e. The van der Waals surface area contributed by atoms with E-state index < -0.39 is 45.7 Å². The van der Waals surface area contributed by atoms with Crippen molar-refractivity contribution < 1.29 is 37.8 Å². The van der Waals surface area contributed by atoms with Crippen molar-refractivity contribution in [1.29, 1.82) is 0 Å². The molecule has 11 heteroatoms. The third-order valence-electron chi connectivity index (χ3n) is 6.56. The van der Waals surface area contributed by atoms with E-state index in [9.17, 15) is 19.3 Å². The molecule has 2 saturated heterocycles. The molecule has 0 amide bonds. The first-order valence-corrected chi connectivity index (χ1v) is 11.6. The van der Waals surface area contributed by atoms with Gasteiger partial charge in [0.2, 0.25) is 12.1 Å². The molecule has 2 aliphatic rings. The van der Waals surface area contributed by atoms with Gasteiger partial charge in [0, 0.05) is 23.2 Å². The molecule has 2 aromatic rings. The van der Waals surface area contributed by atoms with Crippen LogP contribution in [0.4, 0.5) is 10.1 Å². The number of nitrogens with zero attached hydrogens (tertiary/aromatic N) is 2. The normalized spacial score (nSPS) is 25.0. The average molecular weight is 495 g/mol. The summed E-state index contributed by atoms with van der Waals surface area (Å²) in [4.78, 5) is 24.0. The number of carbonyl (C=O) groups excluding carboxylic acids is 1. The number of hydrogen-bond donors (Lipinski definition) is 0. The summed E-state index contributed by atoms with van der Waals surface area (Å²) in [6.07, 6.45) is -0.897. The second-order valence-corrected chi connectivity index (χ2v) is 10.1. The molecule has 0 bridgehead atoms. The first kappa shape index (κ1) is 25.5. The molecule has 4 rings (SSSR count). The van der Waals surface area contributed by atoms with Crippen molar-refractivity contribution in [2.75, 3.05) is 13.2 Å². The van der Waals surface area contributed by atoms with E-state index in [1.165, 1.54) is 6.07 Å². The van der Waals surface area contributed by atoms with Gasteiger partial charge in [0.25, 0.3) is 0 Å². The average Bonchev–Trinajstić information content (AvgIpc) is 3.41. The van der Waals surface area contributed by atoms with Crippen molar-refractivity contribution in [2.24, 2.45) is 0 Å². The number of nitro benzene ring substituents is 1. The lowest BCUT2D eigenvalue weighted by Crippen LogP contribution is -2.39. The van der Waals surface area contributed by atoms with E-state index in [1.807, 2.05) is 6.92 Å². The van der Waals surface area contributed by atoms with Gasteiger partial charge >= 0.3 is 11.7 Å². The van der Waals surface area contributed by atoms with E-state index in [1.54, 1.807) is 45.3 Å². The predicted octanol–water partition coefficient (Wildman–Crippen LogP) is 4.16. The summed E-state index contributed by atoms with van der Waals surface area (Å²) >= 11 is 0. The Morgan fingerprint density at radius 3 is 2.40 bits per heavy atom. The molecule has 0 radical (unpaired) electrons. The van der Waals surface area contributed by atoms with Gasteiger partial charge in [0.1, 0.15) is 18.1 Å². The number of esters is 1. The van der Waals surface area contributed by atoms with Crippen molar-refractivity contribution in [2.45, 2.75) is 83.9 Å². The molecule has 3 heterocycles. The molecule has 0 aliphatic carbocycles. The maximum atomic E-state index is 14.6. The van der Waals surface area contributed by atoms with Crippen LogP contribution in [-0.4, -0.2) is 52.6 Å². The molecule has 1 unspecified atom stereocenters. The van der Waals surface area contributed by atoms with Gasteiger partial charge in [0.05, 0.1) is 23.6 Å². The van der Waals surface area contributed by atoms with E-state index in [0.717, 1.165) is 6.07 Å². The van der Waals surface area contributed by atoms with Gasteiger partial charge in [-0.3, -0.25) is 14.9 Å². The number of aromatic nitrogens is 1. The molecule has 35 heavy (non-hydrogen) atoms. The van der Waals surface area contributed by atoms with Crippen LogP contribution in [0.2, 0.25) is 0 Å². The molecule has 192 valence electrons. The molecule has 2 fully saturated rings. The molecule has 3 atom stereocenters. The minimum atomic E-state index is -1.17. The highest BCUT2D eigenvalue weighted by Crippen LogP contribution is 2.38. The summed E-state index contributed by atoms with van der Waals surface area (Å²) in [6.45, 7) is 11.3. The fourth-order valence-corrected chi connectivity index (χ4v) is 4.51. The second-order valence-electron chi connectivity index (χ2n) is 10.1. The number of fused-ring (bicyclic) bond motifs is 1. The lowest BCUT2D eigenvalue weighted by Gasteiger charge is -2.30. The SMILES string of the molecule is CC[C@](C)(C(=O)OC1COC(C)(C)O1)c1cc2cc([N+](=O)[O-])c(F)cc2n1C[C@@H]1COC(C)(C)O1. The molecule has 0 spiro atoms. The van der Waals surface area contributed by atoms with Crippen molar-refractivity contribution in [3.8, 4) is 0 Å². The van der Waals surface area contributed by atoms with Gasteiger partial charge < -0.3 is 28.3 Å². The zero-order valence-corrected chi connectivity index (χ0v) is 20.8. The Kier molecular flexibility index (Phi) is 6.41. The molecule has 2 aliphatic heterocycles. The van der Waals surface area contributed by atoms with Crippen LogP contribution >= 0.6 is 0 Å². The first-order valence-electron chi connectivity index (χ1n) is 11.6. The third-order valence-corrected chi connectivity index (χ3v) is 6.56. The third kappa shape index (κ3) is 4.90. The number of rotatable bonds is 7. The van der Waals surface area contributed by atoms with Gasteiger partial charge in [0.15, 0.2) is 11.6 Å². The zero-order valence-electron chi connectivity index (χ0n) is 20.8. The van der Waals surface area contributed by atoms with Crippen LogP contribution in [0.15, 0.2) is 18.2 Å². The maximum Gasteiger partial charge on any atom is 0.320 e. The topological polar surface area (TPSA) is 111 Å². The van der Waals surface area contributed by atoms with E-state index in [2.05, 4.69) is 0 Å². The van der Waals surface area contributed by atoms with E-state index in [4.69, 9.17) is 23.7 Å². The Balaban J connectivity index is 1.77. The summed E-state index contributed by atoms with van der Waals surface area (Å²) in [7, 11) is 0. The highest BCUT2D eigenvalue weighted by atomic mass is 19.1. The number of ether oxygens (including phenoxy) is 5. The second kappa shape index (κ2) is 8.81. The zero-order chi connectivity index (χ0) is 25.8. The Morgan fingerprint density at radius 2 is 1.86 bits per heavy atom. The van der Waals surface area contributed by atoms with Crippen LogP contribution in [0, 0.1) is 15.9 Å². The van der Waals surface area contributed by atoms with Crippen molar-refractivity contribution >= 4 is 22.6 Å². The highest BCUT2D eigenvalue weighted by Gasteiger charge is 2.44. The van der Waals surface area contributed by atoms with E-state index >= 15 is 0 Å². The van der Waals surface area contributed by atoms with Crippen molar-refractivity contribution in [3.05, 3.63) is 39.8 Å². The lowest BCUT2D eigenvalue weighted by atomic mass is 9.83. The standard InChI is InChI=1S/C24H31FN2O8/c1-7-24(6,21(28)33-20-13-32-23(4,5)35-20)19-9-14-8-18(27(29)30)16(25)10-17(14)26(19)11-15-12-31-22(2,3)34-15/h8-10,15,20H,7,11-13H2,1-6H3/t15-,20?,24+/m1/s1. The fourth-order valence-electron chi connectivity index (χ4n) is 4.51. The minimum Gasteiger partial charge on any atom is -0.432 e. The van der Waals surface area contributed by atoms with Gasteiger partial charge in [-0.1, -0.05) is 6.92 Å². The van der Waals surface area contributed by atoms with Crippen LogP contribution in [0.25, 0.3) is 10.9 Å².